The maximum Gasteiger partial charge on any atom is 0.410 e. The number of aromatic hydroxyl groups is 3. The quantitative estimate of drug-likeness (QED) is 0.0376. The third-order valence-corrected chi connectivity index (χ3v) is 23.8. The molecule has 9 aromatic rings. The summed E-state index contributed by atoms with van der Waals surface area (Å²) >= 11 is 0. The molecular formula is C87H102N18O15. The van der Waals surface area contributed by atoms with E-state index in [4.69, 9.17) is 29.2 Å². The van der Waals surface area contributed by atoms with Gasteiger partial charge in [-0.1, -0.05) is 0 Å². The molecule has 0 aliphatic carbocycles. The minimum absolute atomic E-state index is 0.0469. The van der Waals surface area contributed by atoms with Gasteiger partial charge in [0, 0.05) is 165 Å². The predicted molar refractivity (Wildman–Crippen MR) is 457 cm³/mol. The summed E-state index contributed by atoms with van der Waals surface area (Å²) in [5.41, 5.74) is 10.4. The summed E-state index contributed by atoms with van der Waals surface area (Å²) in [6, 6.07) is 33.7. The molecule has 33 heteroatoms. The first kappa shape index (κ1) is 80.9. The number of nitrogens with one attached hydrogen (secondary N) is 3. The molecule has 3 amide bonds. The van der Waals surface area contributed by atoms with Gasteiger partial charge in [-0.05, 0) is 213 Å². The van der Waals surface area contributed by atoms with Crippen LogP contribution >= 0.6 is 0 Å². The second kappa shape index (κ2) is 30.2. The lowest BCUT2D eigenvalue weighted by Gasteiger charge is -2.37. The summed E-state index contributed by atoms with van der Waals surface area (Å²) < 4.78 is 16.8. The number of aromatic amines is 3. The molecule has 12 heterocycles. The molecule has 0 saturated carbocycles. The van der Waals surface area contributed by atoms with Crippen LogP contribution in [0.3, 0.4) is 0 Å². The molecule has 0 spiro atoms. The van der Waals surface area contributed by atoms with Crippen LogP contribution in [0, 0.1) is 30.3 Å². The van der Waals surface area contributed by atoms with Crippen molar-refractivity contribution in [2.24, 2.45) is 15.0 Å². The number of aromatic nitrogens is 3. The number of anilines is 3. The van der Waals surface area contributed by atoms with Gasteiger partial charge in [0.25, 0.3) is 17.1 Å². The van der Waals surface area contributed by atoms with Crippen LogP contribution in [0.5, 0.6) is 17.6 Å². The fourth-order valence-corrected chi connectivity index (χ4v) is 18.3. The Kier molecular flexibility index (Phi) is 20.4. The molecule has 630 valence electrons. The second-order valence-corrected chi connectivity index (χ2v) is 36.4. The van der Waals surface area contributed by atoms with Crippen molar-refractivity contribution in [2.75, 3.05) is 54.0 Å². The van der Waals surface area contributed by atoms with E-state index in [0.29, 0.717) is 106 Å². The lowest BCUT2D eigenvalue weighted by Crippen LogP contribution is -2.50. The van der Waals surface area contributed by atoms with Crippen molar-refractivity contribution in [3.8, 4) is 17.6 Å². The van der Waals surface area contributed by atoms with Gasteiger partial charge in [0.05, 0.1) is 83.2 Å². The van der Waals surface area contributed by atoms with Crippen LogP contribution < -0.4 is 14.7 Å². The number of fused-ring (bicyclic) bond motifs is 12. The Morgan fingerprint density at radius 3 is 0.867 bits per heavy atom. The molecule has 6 bridgehead atoms. The Morgan fingerprint density at radius 2 is 0.650 bits per heavy atom. The highest BCUT2D eigenvalue weighted by Crippen LogP contribution is 2.47. The Morgan fingerprint density at radius 1 is 0.392 bits per heavy atom. The molecular weight excluding hydrogens is 1540 g/mol. The van der Waals surface area contributed by atoms with Crippen molar-refractivity contribution in [1.29, 1.82) is 0 Å². The van der Waals surface area contributed by atoms with Gasteiger partial charge in [-0.15, -0.1) is 0 Å². The molecule has 0 radical (unpaired) electrons. The van der Waals surface area contributed by atoms with Gasteiger partial charge < -0.3 is 88.6 Å². The number of rotatable bonds is 12. The number of nitrogens with zero attached hydrogens (tertiary/aromatic N) is 15. The maximum atomic E-state index is 12.7. The van der Waals surface area contributed by atoms with Crippen molar-refractivity contribution in [2.45, 2.75) is 214 Å². The van der Waals surface area contributed by atoms with Crippen LogP contribution in [0.25, 0.3) is 32.7 Å². The van der Waals surface area contributed by atoms with Crippen LogP contribution in [0.2, 0.25) is 0 Å². The number of carbonyl (C=O) groups is 3. The Labute approximate surface area is 692 Å². The molecule has 9 aliphatic rings. The number of non-ortho nitro benzene ring substituents is 3. The highest BCUT2D eigenvalue weighted by molar-refractivity contribution is 6.16. The Balaban J connectivity index is 0.000000134. The van der Waals surface area contributed by atoms with Crippen molar-refractivity contribution in [3.05, 3.63) is 173 Å². The van der Waals surface area contributed by atoms with Gasteiger partial charge in [-0.25, -0.2) is 29.4 Å². The number of amides is 3. The number of hydrogen-bond donors (Lipinski definition) is 6. The van der Waals surface area contributed by atoms with Gasteiger partial charge in [0.2, 0.25) is 17.6 Å². The normalized spacial score (nSPS) is 20.4. The zero-order valence-corrected chi connectivity index (χ0v) is 70.0. The summed E-state index contributed by atoms with van der Waals surface area (Å²) in [7, 11) is 0. The largest absolute Gasteiger partial charge is 0.494 e. The SMILES string of the molecule is CC(C)N1Cc2cc(N3CC4CC3CN4C(=O)OC(C)(C)C)ccc2N=C1c1c(O)[nH]c2cc([N+](=O)[O-])ccc12.CC(C)N1Cc2cc(N3CC4CC3CN4C(=O)OC(C)(C)C)ccc2N=C1c1c(O)[nH]c2cc([N+](=O)[O-])ccc12.CC(C)N1Cc2cc(N3CC4CC3CN4C(=O)OC(C)(C)C)ccc2N=C1c1c(O)[nH]c2cc([N+](=O)[O-])ccc12. The van der Waals surface area contributed by atoms with E-state index in [9.17, 15) is 60.0 Å². The van der Waals surface area contributed by atoms with E-state index in [1.54, 1.807) is 18.2 Å². The van der Waals surface area contributed by atoms with E-state index in [1.807, 2.05) is 95.2 Å². The summed E-state index contributed by atoms with van der Waals surface area (Å²) in [5.74, 6) is 1.68. The first-order valence-electron chi connectivity index (χ1n) is 40.9. The molecule has 33 nitrogen and oxygen atoms in total. The third-order valence-electron chi connectivity index (χ3n) is 23.8. The fourth-order valence-electron chi connectivity index (χ4n) is 18.3. The minimum Gasteiger partial charge on any atom is -0.494 e. The van der Waals surface area contributed by atoms with Crippen molar-refractivity contribution >= 4 is 120 Å². The summed E-state index contributed by atoms with van der Waals surface area (Å²) in [6.45, 7) is 35.5. The standard InChI is InChI=1S/3C29H34N6O5/c3*1-16(2)32-13-17-10-18(33-14-21-11-20(33)15-34(21)28(37)40-29(3,4)5)7-9-23(17)30-26(32)25-22-8-6-19(35(38)39)12-24(22)31-27(25)36/h3*6-10,12,16,20-21,31,36H,11,13-15H2,1-5H3. The van der Waals surface area contributed by atoms with Gasteiger partial charge in [0.1, 0.15) is 34.3 Å². The number of nitro benzene ring substituents is 3. The molecule has 18 rings (SSSR count). The fraction of sp³-hybridized carbons (Fsp3) is 0.448. The molecule has 3 aromatic heterocycles. The van der Waals surface area contributed by atoms with Crippen LogP contribution in [0.4, 0.5) is 65.6 Å². The summed E-state index contributed by atoms with van der Waals surface area (Å²) in [6.07, 6.45) is 2.05. The lowest BCUT2D eigenvalue weighted by atomic mass is 10.0. The van der Waals surface area contributed by atoms with E-state index in [2.05, 4.69) is 122 Å². The molecule has 6 fully saturated rings. The van der Waals surface area contributed by atoms with Crippen LogP contribution in [0.15, 0.2) is 124 Å². The maximum absolute atomic E-state index is 12.7. The van der Waals surface area contributed by atoms with Crippen molar-refractivity contribution in [3.63, 3.8) is 0 Å². The first-order chi connectivity index (χ1) is 56.7. The smallest absolute Gasteiger partial charge is 0.410 e. The number of H-pyrrole nitrogens is 3. The number of likely N-dealkylation sites (tertiary alicyclic amines) is 3. The van der Waals surface area contributed by atoms with Crippen molar-refractivity contribution < 1.29 is 58.7 Å². The number of nitro groups is 3. The Bertz CT molecular complexity index is 5210. The highest BCUT2D eigenvalue weighted by atomic mass is 16.6. The van der Waals surface area contributed by atoms with E-state index < -0.39 is 31.6 Å². The first-order valence-corrected chi connectivity index (χ1v) is 40.9. The summed E-state index contributed by atoms with van der Waals surface area (Å²) in [5, 5.41) is 68.3. The van der Waals surface area contributed by atoms with Crippen LogP contribution in [-0.2, 0) is 33.8 Å². The van der Waals surface area contributed by atoms with Gasteiger partial charge >= 0.3 is 18.3 Å². The lowest BCUT2D eigenvalue weighted by molar-refractivity contribution is -0.384. The number of amidine groups is 3. The molecule has 6 atom stereocenters. The second-order valence-electron chi connectivity index (χ2n) is 36.4. The van der Waals surface area contributed by atoms with E-state index in [1.165, 1.54) is 36.4 Å². The molecule has 6 saturated heterocycles. The average molecular weight is 1640 g/mol. The van der Waals surface area contributed by atoms with E-state index in [0.717, 1.165) is 89.7 Å². The highest BCUT2D eigenvalue weighted by Gasteiger charge is 2.50. The molecule has 120 heavy (non-hydrogen) atoms. The van der Waals surface area contributed by atoms with Crippen LogP contribution in [0.1, 0.15) is 156 Å². The Hall–Kier alpha value is -12.8. The van der Waals surface area contributed by atoms with Gasteiger partial charge in [0.15, 0.2) is 0 Å². The van der Waals surface area contributed by atoms with E-state index >= 15 is 0 Å². The predicted octanol–water partition coefficient (Wildman–Crippen LogP) is 15.8. The number of benzene rings is 6. The molecule has 6 aromatic carbocycles. The minimum atomic E-state index is -0.514. The monoisotopic (exact) mass is 1640 g/mol. The topological polar surface area (TPSA) is 383 Å². The molecule has 9 aliphatic heterocycles. The van der Waals surface area contributed by atoms with Gasteiger partial charge in [-0.3, -0.25) is 30.3 Å². The molecule has 6 N–H and O–H groups in total. The zero-order valence-electron chi connectivity index (χ0n) is 70.0. The average Bonchev–Trinajstić information content (AvgIpc) is 1.54. The number of piperazine rings is 3. The molecule has 6 unspecified atom stereocenters. The van der Waals surface area contributed by atoms with Gasteiger partial charge in [-0.2, -0.15) is 0 Å². The number of ether oxygens (including phenoxy) is 3. The number of hydrogen-bond acceptors (Lipinski definition) is 24. The third kappa shape index (κ3) is 15.4. The number of carbonyl (C=O) groups excluding carboxylic acids is 3. The summed E-state index contributed by atoms with van der Waals surface area (Å²) in [4.78, 5) is 113. The zero-order chi connectivity index (χ0) is 85.5. The number of aliphatic imine (C=N–C) groups is 3. The van der Waals surface area contributed by atoms with E-state index in [-0.39, 0.29) is 107 Å². The van der Waals surface area contributed by atoms with Crippen molar-refractivity contribution in [1.82, 2.24) is 44.4 Å². The van der Waals surface area contributed by atoms with Crippen LogP contribution in [-0.4, -0.2) is 221 Å².